The number of aryl methyl sites for hydroxylation is 1. The predicted octanol–water partition coefficient (Wildman–Crippen LogP) is 2.37. The molecule has 0 bridgehead atoms. The van der Waals surface area contributed by atoms with E-state index in [0.29, 0.717) is 16.4 Å². The van der Waals surface area contributed by atoms with Gasteiger partial charge in [-0.05, 0) is 26.0 Å². The van der Waals surface area contributed by atoms with E-state index in [9.17, 15) is 4.79 Å². The van der Waals surface area contributed by atoms with E-state index in [4.69, 9.17) is 17.3 Å². The van der Waals surface area contributed by atoms with E-state index in [0.717, 1.165) is 11.4 Å². The zero-order valence-corrected chi connectivity index (χ0v) is 11.5. The lowest BCUT2D eigenvalue weighted by molar-refractivity contribution is -0.116. The van der Waals surface area contributed by atoms with Crippen molar-refractivity contribution in [2.24, 2.45) is 0 Å². The quantitative estimate of drug-likeness (QED) is 0.905. The predicted molar refractivity (Wildman–Crippen MR) is 76.2 cm³/mol. The Bertz CT molecular complexity index is 621. The van der Waals surface area contributed by atoms with E-state index in [-0.39, 0.29) is 12.5 Å². The second-order valence-corrected chi connectivity index (χ2v) is 4.68. The van der Waals surface area contributed by atoms with Gasteiger partial charge in [-0.1, -0.05) is 23.7 Å². The van der Waals surface area contributed by atoms with Crippen LogP contribution in [0, 0.1) is 13.8 Å². The van der Waals surface area contributed by atoms with E-state index in [1.165, 1.54) is 0 Å². The molecule has 0 radical (unpaired) electrons. The Morgan fingerprint density at radius 2 is 2.11 bits per heavy atom. The standard InChI is InChI=1S/C13H15ClN4O/c1-8-13(15)9(2)18(17-8)7-12(19)16-11-6-4-3-5-10(11)14/h3-6H,7,15H2,1-2H3,(H,16,19). The molecular weight excluding hydrogens is 264 g/mol. The maximum atomic E-state index is 11.9. The Morgan fingerprint density at radius 1 is 1.42 bits per heavy atom. The molecule has 0 saturated heterocycles. The summed E-state index contributed by atoms with van der Waals surface area (Å²) in [7, 11) is 0. The molecule has 1 aromatic heterocycles. The van der Waals surface area contributed by atoms with Crippen molar-refractivity contribution in [2.75, 3.05) is 11.1 Å². The fourth-order valence-electron chi connectivity index (χ4n) is 1.75. The molecule has 0 aliphatic heterocycles. The van der Waals surface area contributed by atoms with Gasteiger partial charge >= 0.3 is 0 Å². The SMILES string of the molecule is Cc1nn(CC(=O)Nc2ccccc2Cl)c(C)c1N. The lowest BCUT2D eigenvalue weighted by atomic mass is 10.3. The smallest absolute Gasteiger partial charge is 0.246 e. The molecule has 3 N–H and O–H groups in total. The number of nitrogen functional groups attached to an aromatic ring is 1. The van der Waals surface area contributed by atoms with Crippen molar-refractivity contribution in [1.82, 2.24) is 9.78 Å². The Kier molecular flexibility index (Phi) is 3.76. The van der Waals surface area contributed by atoms with Crippen molar-refractivity contribution in [3.63, 3.8) is 0 Å². The fraction of sp³-hybridized carbons (Fsp3) is 0.231. The number of rotatable bonds is 3. The molecule has 6 heteroatoms. The first kappa shape index (κ1) is 13.4. The van der Waals surface area contributed by atoms with Crippen LogP contribution >= 0.6 is 11.6 Å². The van der Waals surface area contributed by atoms with Crippen LogP contribution in [0.5, 0.6) is 0 Å². The van der Waals surface area contributed by atoms with Crippen LogP contribution in [0.25, 0.3) is 0 Å². The monoisotopic (exact) mass is 278 g/mol. The molecule has 0 atom stereocenters. The number of anilines is 2. The first-order valence-electron chi connectivity index (χ1n) is 5.83. The van der Waals surface area contributed by atoms with Gasteiger partial charge in [-0.15, -0.1) is 0 Å². The minimum atomic E-state index is -0.196. The van der Waals surface area contributed by atoms with Gasteiger partial charge in [0.1, 0.15) is 6.54 Å². The number of aromatic nitrogens is 2. The van der Waals surface area contributed by atoms with Crippen LogP contribution in [0.3, 0.4) is 0 Å². The molecule has 2 aromatic rings. The third kappa shape index (κ3) is 2.88. The number of nitrogens with zero attached hydrogens (tertiary/aromatic N) is 2. The molecule has 19 heavy (non-hydrogen) atoms. The molecule has 1 heterocycles. The number of nitrogens with two attached hydrogens (primary N) is 1. The summed E-state index contributed by atoms with van der Waals surface area (Å²) in [6.07, 6.45) is 0. The Labute approximate surface area is 116 Å². The highest BCUT2D eigenvalue weighted by atomic mass is 35.5. The van der Waals surface area contributed by atoms with E-state index in [1.54, 1.807) is 22.9 Å². The molecule has 2 rings (SSSR count). The molecule has 1 amide bonds. The second kappa shape index (κ2) is 5.32. The van der Waals surface area contributed by atoms with Crippen molar-refractivity contribution < 1.29 is 4.79 Å². The summed E-state index contributed by atoms with van der Waals surface area (Å²) in [6.45, 7) is 3.75. The summed E-state index contributed by atoms with van der Waals surface area (Å²) in [6, 6.07) is 7.08. The number of amides is 1. The lowest BCUT2D eigenvalue weighted by Crippen LogP contribution is -2.20. The zero-order valence-electron chi connectivity index (χ0n) is 10.8. The summed E-state index contributed by atoms with van der Waals surface area (Å²) in [4.78, 5) is 11.9. The number of para-hydroxylation sites is 1. The molecule has 0 saturated carbocycles. The van der Waals surface area contributed by atoms with Gasteiger partial charge < -0.3 is 11.1 Å². The molecule has 100 valence electrons. The Hall–Kier alpha value is -2.01. The normalized spacial score (nSPS) is 10.5. The van der Waals surface area contributed by atoms with Crippen LogP contribution in [0.15, 0.2) is 24.3 Å². The lowest BCUT2D eigenvalue weighted by Gasteiger charge is -2.08. The first-order chi connectivity index (χ1) is 8.99. The number of benzene rings is 1. The van der Waals surface area contributed by atoms with Crippen molar-refractivity contribution in [1.29, 1.82) is 0 Å². The van der Waals surface area contributed by atoms with Crippen LogP contribution < -0.4 is 11.1 Å². The van der Waals surface area contributed by atoms with Gasteiger partial charge in [0.15, 0.2) is 0 Å². The van der Waals surface area contributed by atoms with E-state index < -0.39 is 0 Å². The summed E-state index contributed by atoms with van der Waals surface area (Å²) < 4.78 is 1.58. The van der Waals surface area contributed by atoms with Gasteiger partial charge in [-0.25, -0.2) is 0 Å². The number of carbonyl (C=O) groups excluding carboxylic acids is 1. The van der Waals surface area contributed by atoms with Crippen LogP contribution in [0.1, 0.15) is 11.4 Å². The number of hydrogen-bond acceptors (Lipinski definition) is 3. The topological polar surface area (TPSA) is 72.9 Å². The summed E-state index contributed by atoms with van der Waals surface area (Å²) >= 11 is 5.97. The van der Waals surface area contributed by atoms with Gasteiger partial charge in [-0.3, -0.25) is 9.48 Å². The number of hydrogen-bond donors (Lipinski definition) is 2. The second-order valence-electron chi connectivity index (χ2n) is 4.27. The van der Waals surface area contributed by atoms with Gasteiger partial charge in [0.05, 0.1) is 27.8 Å². The largest absolute Gasteiger partial charge is 0.396 e. The molecule has 5 nitrogen and oxygen atoms in total. The van der Waals surface area contributed by atoms with Crippen molar-refractivity contribution in [3.05, 3.63) is 40.7 Å². The summed E-state index contributed by atoms with van der Waals surface area (Å²) in [5.74, 6) is -0.196. The highest BCUT2D eigenvalue weighted by Gasteiger charge is 2.12. The highest BCUT2D eigenvalue weighted by Crippen LogP contribution is 2.20. The van der Waals surface area contributed by atoms with E-state index in [1.807, 2.05) is 19.9 Å². The number of nitrogens with one attached hydrogen (secondary N) is 1. The minimum absolute atomic E-state index is 0.106. The third-order valence-electron chi connectivity index (χ3n) is 2.88. The average molecular weight is 279 g/mol. The van der Waals surface area contributed by atoms with Gasteiger partial charge in [0.2, 0.25) is 5.91 Å². The summed E-state index contributed by atoms with van der Waals surface area (Å²) in [5, 5.41) is 7.46. The van der Waals surface area contributed by atoms with Crippen LogP contribution in [-0.2, 0) is 11.3 Å². The molecule has 0 spiro atoms. The van der Waals surface area contributed by atoms with Gasteiger partial charge in [0.25, 0.3) is 0 Å². The summed E-state index contributed by atoms with van der Waals surface area (Å²) in [5.41, 5.74) is 8.53. The van der Waals surface area contributed by atoms with Crippen molar-refractivity contribution in [3.8, 4) is 0 Å². The average Bonchev–Trinajstić information content (AvgIpc) is 2.60. The molecule has 0 aliphatic rings. The van der Waals surface area contributed by atoms with E-state index >= 15 is 0 Å². The zero-order chi connectivity index (χ0) is 14.0. The Morgan fingerprint density at radius 3 is 2.68 bits per heavy atom. The van der Waals surface area contributed by atoms with Crippen molar-refractivity contribution in [2.45, 2.75) is 20.4 Å². The molecule has 1 aromatic carbocycles. The minimum Gasteiger partial charge on any atom is -0.396 e. The molecule has 0 aliphatic carbocycles. The Balaban J connectivity index is 2.10. The maximum Gasteiger partial charge on any atom is 0.246 e. The van der Waals surface area contributed by atoms with Crippen LogP contribution in [-0.4, -0.2) is 15.7 Å². The van der Waals surface area contributed by atoms with Gasteiger partial charge in [-0.2, -0.15) is 5.10 Å². The molecule has 0 fully saturated rings. The third-order valence-corrected chi connectivity index (χ3v) is 3.21. The van der Waals surface area contributed by atoms with Crippen molar-refractivity contribution >= 4 is 28.9 Å². The maximum absolute atomic E-state index is 11.9. The van der Waals surface area contributed by atoms with Crippen LogP contribution in [0.4, 0.5) is 11.4 Å². The number of halogens is 1. The number of carbonyl (C=O) groups is 1. The molecular formula is C13H15ClN4O. The van der Waals surface area contributed by atoms with E-state index in [2.05, 4.69) is 10.4 Å². The van der Waals surface area contributed by atoms with Gasteiger partial charge in [0, 0.05) is 0 Å². The molecule has 0 unspecified atom stereocenters. The fourth-order valence-corrected chi connectivity index (χ4v) is 1.94. The highest BCUT2D eigenvalue weighted by molar-refractivity contribution is 6.33. The first-order valence-corrected chi connectivity index (χ1v) is 6.20. The van der Waals surface area contributed by atoms with Crippen LogP contribution in [0.2, 0.25) is 5.02 Å².